The van der Waals surface area contributed by atoms with Crippen molar-refractivity contribution >= 4 is 5.78 Å². The van der Waals surface area contributed by atoms with Crippen LogP contribution in [0.3, 0.4) is 0 Å². The number of benzene rings is 1. The summed E-state index contributed by atoms with van der Waals surface area (Å²) < 4.78 is 11.8. The Hall–Kier alpha value is -1.19. The first-order valence-electron chi connectivity index (χ1n) is 13.1. The summed E-state index contributed by atoms with van der Waals surface area (Å²) in [6.07, 6.45) is 19.3. The molecule has 0 atom stereocenters. The third kappa shape index (κ3) is 15.3. The molecule has 0 spiro atoms. The van der Waals surface area contributed by atoms with Crippen LogP contribution in [-0.2, 0) is 9.47 Å². The summed E-state index contributed by atoms with van der Waals surface area (Å²) in [4.78, 5) is 12.8. The molecule has 3 heteroatoms. The maximum atomic E-state index is 12.8. The van der Waals surface area contributed by atoms with Crippen molar-refractivity contribution < 1.29 is 14.3 Å². The van der Waals surface area contributed by atoms with Gasteiger partial charge in [0.25, 0.3) is 0 Å². The molecule has 0 amide bonds. The molecule has 178 valence electrons. The average Bonchev–Trinajstić information content (AvgIpc) is 2.80. The van der Waals surface area contributed by atoms with Gasteiger partial charge >= 0.3 is 0 Å². The fraction of sp³-hybridized carbons (Fsp3) is 0.750. The second-order valence-electron chi connectivity index (χ2n) is 8.75. The van der Waals surface area contributed by atoms with E-state index in [1.165, 1.54) is 77.0 Å². The Labute approximate surface area is 192 Å². The summed E-state index contributed by atoms with van der Waals surface area (Å²) in [5.41, 5.74) is 0.666. The highest BCUT2D eigenvalue weighted by Gasteiger charge is 2.21. The molecule has 0 radical (unpaired) electrons. The van der Waals surface area contributed by atoms with E-state index in [9.17, 15) is 4.79 Å². The highest BCUT2D eigenvalue weighted by Crippen LogP contribution is 2.13. The van der Waals surface area contributed by atoms with Gasteiger partial charge < -0.3 is 9.47 Å². The SMILES string of the molecule is CCCCCCCCCCOC(OCCCCCCCCCC)C(=O)c1ccccc1. The van der Waals surface area contributed by atoms with Crippen LogP contribution in [0.2, 0.25) is 0 Å². The molecule has 0 unspecified atom stereocenters. The van der Waals surface area contributed by atoms with Crippen molar-refractivity contribution in [2.75, 3.05) is 13.2 Å². The fourth-order valence-electron chi connectivity index (χ4n) is 3.79. The molecule has 0 aliphatic carbocycles. The first kappa shape index (κ1) is 27.8. The third-order valence-corrected chi connectivity index (χ3v) is 5.81. The number of ether oxygens (including phenoxy) is 2. The Morgan fingerprint density at radius 2 is 1.00 bits per heavy atom. The largest absolute Gasteiger partial charge is 0.346 e. The lowest BCUT2D eigenvalue weighted by atomic mass is 10.1. The van der Waals surface area contributed by atoms with Gasteiger partial charge in [-0.15, -0.1) is 0 Å². The molecule has 31 heavy (non-hydrogen) atoms. The van der Waals surface area contributed by atoms with E-state index in [0.717, 1.165) is 25.7 Å². The number of ketones is 1. The molecule has 0 aromatic heterocycles. The van der Waals surface area contributed by atoms with Crippen LogP contribution in [0.1, 0.15) is 127 Å². The Morgan fingerprint density at radius 1 is 0.613 bits per heavy atom. The molecule has 0 heterocycles. The van der Waals surface area contributed by atoms with Gasteiger partial charge in [-0.3, -0.25) is 4.79 Å². The van der Waals surface area contributed by atoms with Crippen LogP contribution >= 0.6 is 0 Å². The fourth-order valence-corrected chi connectivity index (χ4v) is 3.79. The summed E-state index contributed by atoms with van der Waals surface area (Å²) in [6, 6.07) is 9.39. The van der Waals surface area contributed by atoms with E-state index in [0.29, 0.717) is 18.8 Å². The standard InChI is InChI=1S/C28H48O3/c1-3-5-7-9-11-13-15-20-24-30-28(27(29)26-22-18-17-19-23-26)31-25-21-16-14-12-10-8-6-4-2/h17-19,22-23,28H,3-16,20-21,24-25H2,1-2H3. The first-order valence-corrected chi connectivity index (χ1v) is 13.1. The predicted molar refractivity (Wildman–Crippen MR) is 132 cm³/mol. The second kappa shape index (κ2) is 20.7. The zero-order chi connectivity index (χ0) is 22.4. The van der Waals surface area contributed by atoms with E-state index >= 15 is 0 Å². The van der Waals surface area contributed by atoms with E-state index in [1.54, 1.807) is 0 Å². The van der Waals surface area contributed by atoms with Gasteiger partial charge in [0.05, 0.1) is 13.2 Å². The van der Waals surface area contributed by atoms with Crippen LogP contribution in [0.25, 0.3) is 0 Å². The van der Waals surface area contributed by atoms with Crippen molar-refractivity contribution in [3.8, 4) is 0 Å². The number of carbonyl (C=O) groups excluding carboxylic acids is 1. The van der Waals surface area contributed by atoms with Crippen LogP contribution in [0.4, 0.5) is 0 Å². The van der Waals surface area contributed by atoms with Gasteiger partial charge in [-0.25, -0.2) is 0 Å². The smallest absolute Gasteiger partial charge is 0.222 e. The number of Topliss-reactive ketones (excluding diaryl/α,β-unsaturated/α-hetero) is 1. The van der Waals surface area contributed by atoms with Crippen molar-refractivity contribution in [2.45, 2.75) is 123 Å². The van der Waals surface area contributed by atoms with E-state index in [1.807, 2.05) is 30.3 Å². The number of hydrogen-bond acceptors (Lipinski definition) is 3. The maximum absolute atomic E-state index is 12.8. The minimum atomic E-state index is -0.767. The number of unbranched alkanes of at least 4 members (excludes halogenated alkanes) is 14. The number of hydrogen-bond donors (Lipinski definition) is 0. The quantitative estimate of drug-likeness (QED) is 0.105. The van der Waals surface area contributed by atoms with Gasteiger partial charge in [0.15, 0.2) is 0 Å². The summed E-state index contributed by atoms with van der Waals surface area (Å²) in [5, 5.41) is 0. The molecule has 1 aromatic carbocycles. The molecule has 0 saturated heterocycles. The lowest BCUT2D eigenvalue weighted by Crippen LogP contribution is -2.28. The lowest BCUT2D eigenvalue weighted by Gasteiger charge is -2.18. The highest BCUT2D eigenvalue weighted by atomic mass is 16.7. The lowest BCUT2D eigenvalue weighted by molar-refractivity contribution is -0.115. The van der Waals surface area contributed by atoms with Gasteiger partial charge in [-0.05, 0) is 12.8 Å². The summed E-state index contributed by atoms with van der Waals surface area (Å²) >= 11 is 0. The minimum absolute atomic E-state index is 0.0558. The van der Waals surface area contributed by atoms with Crippen LogP contribution in [0.5, 0.6) is 0 Å². The molecule has 1 rings (SSSR count). The Morgan fingerprint density at radius 3 is 1.42 bits per heavy atom. The zero-order valence-electron chi connectivity index (χ0n) is 20.4. The maximum Gasteiger partial charge on any atom is 0.222 e. The second-order valence-corrected chi connectivity index (χ2v) is 8.75. The van der Waals surface area contributed by atoms with Crippen LogP contribution < -0.4 is 0 Å². The number of rotatable bonds is 22. The van der Waals surface area contributed by atoms with Gasteiger partial charge in [0.1, 0.15) is 0 Å². The molecule has 0 aliphatic rings. The zero-order valence-corrected chi connectivity index (χ0v) is 20.4. The van der Waals surface area contributed by atoms with Crippen molar-refractivity contribution in [3.63, 3.8) is 0 Å². The average molecular weight is 433 g/mol. The summed E-state index contributed by atoms with van der Waals surface area (Å²) in [5.74, 6) is -0.0558. The van der Waals surface area contributed by atoms with Crippen molar-refractivity contribution in [1.82, 2.24) is 0 Å². The topological polar surface area (TPSA) is 35.5 Å². The van der Waals surface area contributed by atoms with Crippen LogP contribution in [-0.4, -0.2) is 25.3 Å². The van der Waals surface area contributed by atoms with E-state index in [-0.39, 0.29) is 5.78 Å². The van der Waals surface area contributed by atoms with E-state index in [4.69, 9.17) is 9.47 Å². The van der Waals surface area contributed by atoms with Gasteiger partial charge in [-0.1, -0.05) is 134 Å². The molecule has 3 nitrogen and oxygen atoms in total. The molecule has 1 aromatic rings. The normalized spacial score (nSPS) is 11.3. The molecular weight excluding hydrogens is 384 g/mol. The minimum Gasteiger partial charge on any atom is -0.346 e. The predicted octanol–water partition coefficient (Wildman–Crippen LogP) is 8.51. The van der Waals surface area contributed by atoms with Crippen molar-refractivity contribution in [3.05, 3.63) is 35.9 Å². The Bertz CT molecular complexity index is 492. The summed E-state index contributed by atoms with van der Waals surface area (Å²) in [6.45, 7) is 5.69. The number of carbonyl (C=O) groups is 1. The third-order valence-electron chi connectivity index (χ3n) is 5.81. The van der Waals surface area contributed by atoms with Crippen LogP contribution in [0, 0.1) is 0 Å². The molecular formula is C28H48O3. The highest BCUT2D eigenvalue weighted by molar-refractivity contribution is 5.98. The van der Waals surface area contributed by atoms with Crippen molar-refractivity contribution in [2.24, 2.45) is 0 Å². The van der Waals surface area contributed by atoms with E-state index in [2.05, 4.69) is 13.8 Å². The summed E-state index contributed by atoms with van der Waals surface area (Å²) in [7, 11) is 0. The Kier molecular flexibility index (Phi) is 18.6. The Balaban J connectivity index is 2.25. The van der Waals surface area contributed by atoms with Gasteiger partial charge in [-0.2, -0.15) is 0 Å². The van der Waals surface area contributed by atoms with Crippen molar-refractivity contribution in [1.29, 1.82) is 0 Å². The molecule has 0 aliphatic heterocycles. The van der Waals surface area contributed by atoms with Gasteiger partial charge in [0, 0.05) is 5.56 Å². The monoisotopic (exact) mass is 432 g/mol. The molecule has 0 bridgehead atoms. The molecule has 0 fully saturated rings. The van der Waals surface area contributed by atoms with E-state index < -0.39 is 6.29 Å². The van der Waals surface area contributed by atoms with Crippen LogP contribution in [0.15, 0.2) is 30.3 Å². The van der Waals surface area contributed by atoms with Gasteiger partial charge in [0.2, 0.25) is 12.1 Å². The molecule has 0 N–H and O–H groups in total. The first-order chi connectivity index (χ1) is 15.3. The molecule has 0 saturated carbocycles.